The molecule has 13 heavy (non-hydrogen) atoms. The number of aliphatic hydroxyl groups excluding tert-OH is 1. The summed E-state index contributed by atoms with van der Waals surface area (Å²) in [6.45, 7) is -0.128. The van der Waals surface area contributed by atoms with E-state index in [-0.39, 0.29) is 13.0 Å². The van der Waals surface area contributed by atoms with Gasteiger partial charge in [-0.15, -0.1) is 0 Å². The van der Waals surface area contributed by atoms with Gasteiger partial charge in [-0.05, 0) is 6.42 Å². The predicted octanol–water partition coefficient (Wildman–Crippen LogP) is -2.12. The van der Waals surface area contributed by atoms with Gasteiger partial charge in [0.1, 0.15) is 0 Å². The highest BCUT2D eigenvalue weighted by Crippen LogP contribution is 1.89. The van der Waals surface area contributed by atoms with Crippen molar-refractivity contribution in [1.29, 1.82) is 0 Å². The smallest absolute Gasteiger partial charge is 0.332 e. The fraction of sp³-hybridized carbons (Fsp3) is 0.800. The van der Waals surface area contributed by atoms with Crippen LogP contribution < -0.4 is 9.44 Å². The van der Waals surface area contributed by atoms with Crippen LogP contribution in [-0.2, 0) is 15.0 Å². The van der Waals surface area contributed by atoms with Gasteiger partial charge in [0.2, 0.25) is 0 Å². The fourth-order valence-electron chi connectivity index (χ4n) is 0.526. The Balaban J connectivity index is 3.75. The van der Waals surface area contributed by atoms with Crippen LogP contribution in [0, 0.1) is 0 Å². The number of carboxylic acids is 1. The lowest BCUT2D eigenvalue weighted by Crippen LogP contribution is -2.36. The van der Waals surface area contributed by atoms with Gasteiger partial charge in [-0.3, -0.25) is 0 Å². The third-order valence-electron chi connectivity index (χ3n) is 1.26. The quantitative estimate of drug-likeness (QED) is 0.401. The van der Waals surface area contributed by atoms with Gasteiger partial charge in [-0.25, -0.2) is 14.2 Å². The summed E-state index contributed by atoms with van der Waals surface area (Å²) in [6.07, 6.45) is -1.71. The number of nitrogens with one attached hydrogen (secondary N) is 2. The Kier molecular flexibility index (Phi) is 4.85. The minimum atomic E-state index is -3.54. The molecule has 8 heteroatoms. The second-order valence-corrected chi connectivity index (χ2v) is 3.95. The molecule has 0 fully saturated rings. The van der Waals surface area contributed by atoms with Crippen molar-refractivity contribution in [2.45, 2.75) is 12.5 Å². The first kappa shape index (κ1) is 12.3. The Hall–Kier alpha value is -0.700. The molecule has 0 aromatic carbocycles. The maximum absolute atomic E-state index is 10.7. The molecule has 7 nitrogen and oxygen atoms in total. The first-order chi connectivity index (χ1) is 5.89. The van der Waals surface area contributed by atoms with E-state index in [1.807, 2.05) is 9.44 Å². The van der Waals surface area contributed by atoms with Crippen molar-refractivity contribution in [3.63, 3.8) is 0 Å². The summed E-state index contributed by atoms with van der Waals surface area (Å²) in [7, 11) is -2.33. The topological polar surface area (TPSA) is 116 Å². The molecular formula is C5H12N2O5S. The Morgan fingerprint density at radius 3 is 2.46 bits per heavy atom. The average molecular weight is 212 g/mol. The molecule has 0 spiro atoms. The van der Waals surface area contributed by atoms with Crippen molar-refractivity contribution >= 4 is 16.2 Å². The molecule has 0 rings (SSSR count). The number of hydrogen-bond donors (Lipinski definition) is 4. The van der Waals surface area contributed by atoms with E-state index in [1.54, 1.807) is 0 Å². The average Bonchev–Trinajstić information content (AvgIpc) is 2.04. The van der Waals surface area contributed by atoms with E-state index in [1.165, 1.54) is 7.05 Å². The van der Waals surface area contributed by atoms with Crippen LogP contribution in [0.25, 0.3) is 0 Å². The second kappa shape index (κ2) is 5.12. The summed E-state index contributed by atoms with van der Waals surface area (Å²) >= 11 is 0. The fourth-order valence-corrected chi connectivity index (χ4v) is 1.06. The van der Waals surface area contributed by atoms with Crippen molar-refractivity contribution in [1.82, 2.24) is 9.44 Å². The van der Waals surface area contributed by atoms with Gasteiger partial charge in [0, 0.05) is 13.6 Å². The van der Waals surface area contributed by atoms with Gasteiger partial charge in [-0.1, -0.05) is 0 Å². The number of carbonyl (C=O) groups is 1. The van der Waals surface area contributed by atoms with Gasteiger partial charge in [0.25, 0.3) is 10.2 Å². The largest absolute Gasteiger partial charge is 0.479 e. The predicted molar refractivity (Wildman–Crippen MR) is 44.2 cm³/mol. The Labute approximate surface area is 75.9 Å². The van der Waals surface area contributed by atoms with E-state index < -0.39 is 22.3 Å². The zero-order chi connectivity index (χ0) is 10.5. The minimum Gasteiger partial charge on any atom is -0.479 e. The maximum Gasteiger partial charge on any atom is 0.332 e. The second-order valence-electron chi connectivity index (χ2n) is 2.24. The summed E-state index contributed by atoms with van der Waals surface area (Å²) in [5, 5.41) is 17.0. The number of aliphatic hydroxyl groups is 1. The molecule has 1 atom stereocenters. The van der Waals surface area contributed by atoms with Crippen molar-refractivity contribution in [3.8, 4) is 0 Å². The molecule has 4 N–H and O–H groups in total. The van der Waals surface area contributed by atoms with Gasteiger partial charge >= 0.3 is 5.97 Å². The summed E-state index contributed by atoms with van der Waals surface area (Å²) in [5.41, 5.74) is 0. The standard InChI is InChI=1S/C5H12N2O5S/c1-6-13(11,12)7-3-2-4(8)5(9)10/h4,6-8H,2-3H2,1H3,(H,9,10). The lowest BCUT2D eigenvalue weighted by atomic mass is 10.3. The van der Waals surface area contributed by atoms with E-state index in [4.69, 9.17) is 10.2 Å². The van der Waals surface area contributed by atoms with Crippen LogP contribution in [0.5, 0.6) is 0 Å². The highest BCUT2D eigenvalue weighted by Gasteiger charge is 2.13. The molecule has 0 saturated carbocycles. The molecule has 0 heterocycles. The lowest BCUT2D eigenvalue weighted by Gasteiger charge is -2.06. The minimum absolute atomic E-state index is 0.128. The molecule has 0 aliphatic heterocycles. The number of carboxylic acid groups (broad SMARTS) is 1. The molecule has 0 bridgehead atoms. The molecule has 0 amide bonds. The molecule has 0 saturated heterocycles. The van der Waals surface area contributed by atoms with Crippen molar-refractivity contribution in [2.75, 3.05) is 13.6 Å². The SMILES string of the molecule is CNS(=O)(=O)NCCC(O)C(=O)O. The van der Waals surface area contributed by atoms with E-state index >= 15 is 0 Å². The first-order valence-corrected chi connectivity index (χ1v) is 4.96. The summed E-state index contributed by atoms with van der Waals surface area (Å²) in [4.78, 5) is 10.1. The van der Waals surface area contributed by atoms with E-state index in [2.05, 4.69) is 0 Å². The molecule has 0 aliphatic rings. The Morgan fingerprint density at radius 1 is 1.54 bits per heavy atom. The number of aliphatic carboxylic acids is 1. The maximum atomic E-state index is 10.7. The highest BCUT2D eigenvalue weighted by molar-refractivity contribution is 7.87. The van der Waals surface area contributed by atoms with Crippen molar-refractivity contribution < 1.29 is 23.4 Å². The van der Waals surface area contributed by atoms with Crippen LogP contribution in [0.2, 0.25) is 0 Å². The number of rotatable bonds is 6. The van der Waals surface area contributed by atoms with Gasteiger partial charge in [0.05, 0.1) is 0 Å². The van der Waals surface area contributed by atoms with Gasteiger partial charge < -0.3 is 10.2 Å². The van der Waals surface area contributed by atoms with Gasteiger partial charge in [-0.2, -0.15) is 8.42 Å². The van der Waals surface area contributed by atoms with Crippen molar-refractivity contribution in [3.05, 3.63) is 0 Å². The molecule has 0 aliphatic carbocycles. The summed E-state index contributed by atoms with van der Waals surface area (Å²) in [6, 6.07) is 0. The van der Waals surface area contributed by atoms with Crippen LogP contribution in [0.4, 0.5) is 0 Å². The first-order valence-electron chi connectivity index (χ1n) is 3.48. The third kappa shape index (κ3) is 5.53. The molecule has 0 aromatic heterocycles. The molecular weight excluding hydrogens is 200 g/mol. The van der Waals surface area contributed by atoms with E-state index in [9.17, 15) is 13.2 Å². The van der Waals surface area contributed by atoms with Crippen LogP contribution >= 0.6 is 0 Å². The zero-order valence-electron chi connectivity index (χ0n) is 7.02. The normalized spacial score (nSPS) is 14.0. The Bertz CT molecular complexity index is 262. The molecule has 1 unspecified atom stereocenters. The lowest BCUT2D eigenvalue weighted by molar-refractivity contribution is -0.146. The molecule has 78 valence electrons. The molecule has 0 aromatic rings. The third-order valence-corrected chi connectivity index (χ3v) is 2.39. The highest BCUT2D eigenvalue weighted by atomic mass is 32.2. The number of hydrogen-bond acceptors (Lipinski definition) is 4. The van der Waals surface area contributed by atoms with Gasteiger partial charge in [0.15, 0.2) is 6.10 Å². The van der Waals surface area contributed by atoms with Crippen LogP contribution in [-0.4, -0.2) is 44.3 Å². The van der Waals surface area contributed by atoms with E-state index in [0.717, 1.165) is 0 Å². The van der Waals surface area contributed by atoms with Crippen LogP contribution in [0.1, 0.15) is 6.42 Å². The monoisotopic (exact) mass is 212 g/mol. The zero-order valence-corrected chi connectivity index (χ0v) is 7.84. The summed E-state index contributed by atoms with van der Waals surface area (Å²) < 4.78 is 25.4. The summed E-state index contributed by atoms with van der Waals surface area (Å²) in [5.74, 6) is -1.37. The molecule has 0 radical (unpaired) electrons. The Morgan fingerprint density at radius 2 is 2.08 bits per heavy atom. The van der Waals surface area contributed by atoms with E-state index in [0.29, 0.717) is 0 Å². The van der Waals surface area contributed by atoms with Crippen LogP contribution in [0.15, 0.2) is 0 Å². The van der Waals surface area contributed by atoms with Crippen molar-refractivity contribution in [2.24, 2.45) is 0 Å². The van der Waals surface area contributed by atoms with Crippen LogP contribution in [0.3, 0.4) is 0 Å².